The minimum atomic E-state index is -2.74. The van der Waals surface area contributed by atoms with E-state index in [4.69, 9.17) is 4.74 Å². The molecular weight excluding hydrogens is 421 g/mol. The van der Waals surface area contributed by atoms with Crippen molar-refractivity contribution in [2.45, 2.75) is 38.8 Å². The van der Waals surface area contributed by atoms with Crippen molar-refractivity contribution >= 4 is 22.5 Å². The number of fused-ring (bicyclic) bond motifs is 2. The molecule has 1 amide bonds. The fourth-order valence-electron chi connectivity index (χ4n) is 5.29. The summed E-state index contributed by atoms with van der Waals surface area (Å²) in [5.41, 5.74) is 0.959. The van der Waals surface area contributed by atoms with Crippen molar-refractivity contribution in [2.75, 3.05) is 5.32 Å². The SMILES string of the molecule is CCC(C(=O)Nc1cnn(C(F)F)c1)[C@@H]1[C@@H]2C[C@@H](Oc3ccnc4ccc(F)cc34)C[C@@H]21. The molecular formula is C23H23F3N4O2. The molecule has 0 aliphatic heterocycles. The normalized spacial score (nSPS) is 25.0. The number of aromatic nitrogens is 3. The van der Waals surface area contributed by atoms with E-state index in [1.54, 1.807) is 18.3 Å². The molecule has 0 saturated heterocycles. The number of alkyl halides is 2. The van der Waals surface area contributed by atoms with E-state index in [0.29, 0.717) is 39.6 Å². The molecule has 6 nitrogen and oxygen atoms in total. The lowest BCUT2D eigenvalue weighted by Crippen LogP contribution is -2.27. The van der Waals surface area contributed by atoms with Gasteiger partial charge in [-0.05, 0) is 61.3 Å². The van der Waals surface area contributed by atoms with Crippen LogP contribution in [-0.4, -0.2) is 26.8 Å². The van der Waals surface area contributed by atoms with Crippen molar-refractivity contribution in [3.8, 4) is 5.75 Å². The van der Waals surface area contributed by atoms with Crippen LogP contribution in [0.15, 0.2) is 42.9 Å². The van der Waals surface area contributed by atoms with Crippen molar-refractivity contribution in [2.24, 2.45) is 23.7 Å². The molecule has 1 unspecified atom stereocenters. The zero-order chi connectivity index (χ0) is 22.4. The lowest BCUT2D eigenvalue weighted by Gasteiger charge is -2.21. The Balaban J connectivity index is 1.21. The molecule has 5 atom stereocenters. The molecule has 2 aromatic heterocycles. The van der Waals surface area contributed by atoms with E-state index in [-0.39, 0.29) is 35.4 Å². The highest BCUT2D eigenvalue weighted by atomic mass is 19.3. The average Bonchev–Trinajstić information content (AvgIpc) is 3.11. The van der Waals surface area contributed by atoms with Crippen molar-refractivity contribution < 1.29 is 22.7 Å². The number of hydrogen-bond donors (Lipinski definition) is 1. The first-order valence-corrected chi connectivity index (χ1v) is 10.8. The van der Waals surface area contributed by atoms with Crippen LogP contribution in [0.25, 0.3) is 10.9 Å². The van der Waals surface area contributed by atoms with Gasteiger partial charge in [0, 0.05) is 17.5 Å². The predicted octanol–water partition coefficient (Wildman–Crippen LogP) is 5.03. The molecule has 32 heavy (non-hydrogen) atoms. The Bertz CT molecular complexity index is 1140. The van der Waals surface area contributed by atoms with Crippen LogP contribution < -0.4 is 10.1 Å². The molecule has 5 rings (SSSR count). The van der Waals surface area contributed by atoms with Crippen LogP contribution >= 0.6 is 0 Å². The Morgan fingerprint density at radius 3 is 2.75 bits per heavy atom. The number of pyridine rings is 1. The maximum atomic E-state index is 13.7. The molecule has 1 N–H and O–H groups in total. The number of benzene rings is 1. The summed E-state index contributed by atoms with van der Waals surface area (Å²) in [7, 11) is 0. The van der Waals surface area contributed by atoms with Crippen LogP contribution in [-0.2, 0) is 4.79 Å². The van der Waals surface area contributed by atoms with E-state index in [9.17, 15) is 18.0 Å². The van der Waals surface area contributed by atoms with Gasteiger partial charge in [0.1, 0.15) is 11.6 Å². The summed E-state index contributed by atoms with van der Waals surface area (Å²) in [4.78, 5) is 17.0. The van der Waals surface area contributed by atoms with Gasteiger partial charge in [0.25, 0.3) is 0 Å². The first-order valence-electron chi connectivity index (χ1n) is 10.8. The summed E-state index contributed by atoms with van der Waals surface area (Å²) in [5.74, 6) is 0.995. The van der Waals surface area contributed by atoms with E-state index >= 15 is 0 Å². The summed E-state index contributed by atoms with van der Waals surface area (Å²) in [6.07, 6.45) is 6.38. The maximum absolute atomic E-state index is 13.7. The van der Waals surface area contributed by atoms with Gasteiger partial charge in [-0.2, -0.15) is 13.9 Å². The lowest BCUT2D eigenvalue weighted by atomic mass is 9.93. The van der Waals surface area contributed by atoms with Crippen molar-refractivity contribution in [1.82, 2.24) is 14.8 Å². The number of nitrogens with zero attached hydrogens (tertiary/aromatic N) is 3. The number of carbonyl (C=O) groups is 1. The third-order valence-corrected chi connectivity index (χ3v) is 6.74. The zero-order valence-corrected chi connectivity index (χ0v) is 17.4. The van der Waals surface area contributed by atoms with Gasteiger partial charge >= 0.3 is 6.55 Å². The third-order valence-electron chi connectivity index (χ3n) is 6.74. The molecule has 168 valence electrons. The van der Waals surface area contributed by atoms with Crippen LogP contribution in [0.2, 0.25) is 0 Å². The molecule has 0 spiro atoms. The number of anilines is 1. The first kappa shape index (κ1) is 20.8. The molecule has 1 aromatic carbocycles. The number of amides is 1. The van der Waals surface area contributed by atoms with Gasteiger partial charge in [0.2, 0.25) is 5.91 Å². The van der Waals surface area contributed by atoms with Crippen LogP contribution in [0.1, 0.15) is 32.7 Å². The molecule has 2 saturated carbocycles. The molecule has 2 heterocycles. The molecule has 2 aliphatic carbocycles. The first-order chi connectivity index (χ1) is 15.4. The summed E-state index contributed by atoms with van der Waals surface area (Å²) in [5, 5.41) is 6.93. The molecule has 3 aromatic rings. The summed E-state index contributed by atoms with van der Waals surface area (Å²) < 4.78 is 45.8. The summed E-state index contributed by atoms with van der Waals surface area (Å²) in [6.45, 7) is -0.775. The van der Waals surface area contributed by atoms with E-state index in [1.165, 1.54) is 18.3 Å². The van der Waals surface area contributed by atoms with Gasteiger partial charge in [-0.25, -0.2) is 9.07 Å². The van der Waals surface area contributed by atoms with Crippen molar-refractivity contribution in [3.63, 3.8) is 0 Å². The maximum Gasteiger partial charge on any atom is 0.333 e. The monoisotopic (exact) mass is 444 g/mol. The number of hydrogen-bond acceptors (Lipinski definition) is 4. The van der Waals surface area contributed by atoms with Gasteiger partial charge in [0.15, 0.2) is 0 Å². The fraction of sp³-hybridized carbons (Fsp3) is 0.435. The van der Waals surface area contributed by atoms with E-state index in [1.807, 2.05) is 6.92 Å². The second-order valence-electron chi connectivity index (χ2n) is 8.58. The second kappa shape index (κ2) is 8.11. The Morgan fingerprint density at radius 2 is 2.06 bits per heavy atom. The topological polar surface area (TPSA) is 69.0 Å². The van der Waals surface area contributed by atoms with Crippen LogP contribution in [0.3, 0.4) is 0 Å². The molecule has 9 heteroatoms. The summed E-state index contributed by atoms with van der Waals surface area (Å²) in [6, 6.07) is 6.20. The lowest BCUT2D eigenvalue weighted by molar-refractivity contribution is -0.121. The Kier molecular flexibility index (Phi) is 5.27. The third kappa shape index (κ3) is 3.80. The largest absolute Gasteiger partial charge is 0.490 e. The smallest absolute Gasteiger partial charge is 0.333 e. The highest BCUT2D eigenvalue weighted by molar-refractivity contribution is 5.92. The Hall–Kier alpha value is -3.10. The van der Waals surface area contributed by atoms with Crippen molar-refractivity contribution in [1.29, 1.82) is 0 Å². The highest BCUT2D eigenvalue weighted by Crippen LogP contribution is 2.62. The van der Waals surface area contributed by atoms with Gasteiger partial charge in [-0.3, -0.25) is 9.78 Å². The number of halogens is 3. The van der Waals surface area contributed by atoms with E-state index in [0.717, 1.165) is 19.0 Å². The number of rotatable bonds is 7. The van der Waals surface area contributed by atoms with Crippen LogP contribution in [0, 0.1) is 29.5 Å². The second-order valence-corrected chi connectivity index (χ2v) is 8.58. The minimum absolute atomic E-state index is 0.0139. The molecule has 2 aliphatic rings. The quantitative estimate of drug-likeness (QED) is 0.555. The van der Waals surface area contributed by atoms with Crippen LogP contribution in [0.5, 0.6) is 5.75 Å². The van der Waals surface area contributed by atoms with Gasteiger partial charge in [-0.1, -0.05) is 6.92 Å². The predicted molar refractivity (Wildman–Crippen MR) is 112 cm³/mol. The highest BCUT2D eigenvalue weighted by Gasteiger charge is 2.60. The molecule has 0 bridgehead atoms. The summed E-state index contributed by atoms with van der Waals surface area (Å²) >= 11 is 0. The average molecular weight is 444 g/mol. The van der Waals surface area contributed by atoms with E-state index in [2.05, 4.69) is 15.4 Å². The van der Waals surface area contributed by atoms with Gasteiger partial charge < -0.3 is 10.1 Å². The molecule has 2 fully saturated rings. The van der Waals surface area contributed by atoms with Gasteiger partial charge in [-0.15, -0.1) is 0 Å². The minimum Gasteiger partial charge on any atom is -0.490 e. The number of ether oxygens (including phenoxy) is 1. The fourth-order valence-corrected chi connectivity index (χ4v) is 5.29. The Morgan fingerprint density at radius 1 is 1.28 bits per heavy atom. The standard InChI is InChI=1S/C23H23F3N4O2/c1-2-15(22(31)29-13-10-28-30(11-13)23(25)26)21-16-8-14(9-17(16)21)32-20-5-6-27-19-4-3-12(24)7-18(19)20/h3-7,10-11,14-17,21,23H,2,8-9H2,1H3,(H,29,31)/t14-,15?,16-,17+,21-. The van der Waals surface area contributed by atoms with Crippen LogP contribution in [0.4, 0.5) is 18.9 Å². The van der Waals surface area contributed by atoms with E-state index < -0.39 is 6.55 Å². The Labute approximate surface area is 182 Å². The molecule has 0 radical (unpaired) electrons. The zero-order valence-electron chi connectivity index (χ0n) is 17.4. The van der Waals surface area contributed by atoms with Crippen molar-refractivity contribution in [3.05, 3.63) is 48.7 Å². The number of nitrogens with one attached hydrogen (secondary N) is 1. The van der Waals surface area contributed by atoms with Gasteiger partial charge in [0.05, 0.1) is 29.7 Å². The number of carbonyl (C=O) groups excluding carboxylic acids is 1.